The van der Waals surface area contributed by atoms with E-state index < -0.39 is 6.43 Å². The minimum absolute atomic E-state index is 0.258. The van der Waals surface area contributed by atoms with Crippen LogP contribution in [0.5, 0.6) is 0 Å². The zero-order valence-electron chi connectivity index (χ0n) is 22.8. The monoisotopic (exact) mass is 552 g/mol. The van der Waals surface area contributed by atoms with Crippen LogP contribution in [0.4, 0.5) is 14.6 Å². The third-order valence-corrected chi connectivity index (χ3v) is 8.08. The SMILES string of the molecule is C[C@@H]1CN(C2CN(Cc3cc4nc(-n5c(C(F)F)nc6ccccc65)cc(N5CCOCC5)n4n3)C2)C[C@H](C)O1. The van der Waals surface area contributed by atoms with Crippen molar-refractivity contribution in [2.24, 2.45) is 0 Å². The Hall–Kier alpha value is -3.19. The van der Waals surface area contributed by atoms with Gasteiger partial charge in [0.05, 0.1) is 42.1 Å². The lowest BCUT2D eigenvalue weighted by molar-refractivity contribution is -0.102. The molecule has 6 heterocycles. The number of halogens is 2. The number of benzene rings is 1. The Morgan fingerprint density at radius 1 is 0.975 bits per heavy atom. The maximum absolute atomic E-state index is 14.2. The van der Waals surface area contributed by atoms with Crippen LogP contribution in [0, 0.1) is 0 Å². The van der Waals surface area contributed by atoms with E-state index in [1.807, 2.05) is 22.7 Å². The number of hydrogen-bond donors (Lipinski definition) is 0. The fraction of sp³-hybridized carbons (Fsp3) is 0.536. The third kappa shape index (κ3) is 4.72. The average Bonchev–Trinajstić information content (AvgIpc) is 3.51. The molecule has 0 radical (unpaired) electrons. The van der Waals surface area contributed by atoms with Crippen molar-refractivity contribution in [2.75, 3.05) is 57.4 Å². The van der Waals surface area contributed by atoms with Gasteiger partial charge in [0.15, 0.2) is 11.5 Å². The first-order chi connectivity index (χ1) is 19.4. The molecule has 4 aromatic rings. The average molecular weight is 553 g/mol. The van der Waals surface area contributed by atoms with Gasteiger partial charge in [-0.15, -0.1) is 0 Å². The minimum atomic E-state index is -2.74. The van der Waals surface area contributed by atoms with E-state index >= 15 is 0 Å². The number of nitrogens with zero attached hydrogens (tertiary/aromatic N) is 8. The van der Waals surface area contributed by atoms with Crippen molar-refractivity contribution in [1.82, 2.24) is 33.9 Å². The van der Waals surface area contributed by atoms with Crippen molar-refractivity contribution in [3.05, 3.63) is 47.9 Å². The molecule has 3 aliphatic rings. The lowest BCUT2D eigenvalue weighted by atomic mass is 10.0. The van der Waals surface area contributed by atoms with Crippen LogP contribution in [0.1, 0.15) is 31.8 Å². The summed E-state index contributed by atoms with van der Waals surface area (Å²) in [5.74, 6) is 0.901. The van der Waals surface area contributed by atoms with Gasteiger partial charge in [0.2, 0.25) is 0 Å². The van der Waals surface area contributed by atoms with Gasteiger partial charge in [-0.2, -0.15) is 9.61 Å². The third-order valence-electron chi connectivity index (χ3n) is 8.08. The summed E-state index contributed by atoms with van der Waals surface area (Å²) in [5, 5.41) is 4.94. The van der Waals surface area contributed by atoms with Gasteiger partial charge in [-0.25, -0.2) is 18.7 Å². The number of ether oxygens (including phenoxy) is 2. The van der Waals surface area contributed by atoms with Crippen LogP contribution in [-0.4, -0.2) is 105 Å². The second-order valence-electron chi connectivity index (χ2n) is 11.1. The van der Waals surface area contributed by atoms with Crippen LogP contribution >= 0.6 is 0 Å². The fourth-order valence-corrected chi connectivity index (χ4v) is 6.28. The summed E-state index contributed by atoms with van der Waals surface area (Å²) >= 11 is 0. The first-order valence-corrected chi connectivity index (χ1v) is 14.0. The molecule has 3 saturated heterocycles. The Kier molecular flexibility index (Phi) is 6.65. The zero-order chi connectivity index (χ0) is 27.4. The van der Waals surface area contributed by atoms with Crippen LogP contribution < -0.4 is 4.90 Å². The van der Waals surface area contributed by atoms with E-state index in [1.54, 1.807) is 18.2 Å². The molecule has 2 atom stereocenters. The maximum atomic E-state index is 14.2. The lowest BCUT2D eigenvalue weighted by Crippen LogP contribution is -2.62. The summed E-state index contributed by atoms with van der Waals surface area (Å²) in [6, 6.07) is 11.5. The second kappa shape index (κ2) is 10.3. The van der Waals surface area contributed by atoms with Crippen molar-refractivity contribution in [3.63, 3.8) is 0 Å². The van der Waals surface area contributed by atoms with Crippen molar-refractivity contribution in [1.29, 1.82) is 0 Å². The first-order valence-electron chi connectivity index (χ1n) is 14.0. The molecule has 0 N–H and O–H groups in total. The Balaban J connectivity index is 1.21. The molecule has 0 aliphatic carbocycles. The highest BCUT2D eigenvalue weighted by Gasteiger charge is 2.36. The van der Waals surface area contributed by atoms with Gasteiger partial charge in [0.25, 0.3) is 6.43 Å². The van der Waals surface area contributed by atoms with E-state index in [0.717, 1.165) is 37.7 Å². The molecule has 40 heavy (non-hydrogen) atoms. The number of morpholine rings is 2. The van der Waals surface area contributed by atoms with E-state index in [1.165, 1.54) is 4.57 Å². The predicted octanol–water partition coefficient (Wildman–Crippen LogP) is 3.14. The lowest BCUT2D eigenvalue weighted by Gasteiger charge is -2.48. The Morgan fingerprint density at radius 2 is 1.73 bits per heavy atom. The smallest absolute Gasteiger partial charge is 0.296 e. The molecule has 1 aromatic carbocycles. The van der Waals surface area contributed by atoms with Gasteiger partial charge in [-0.3, -0.25) is 14.4 Å². The molecule has 3 fully saturated rings. The number of fused-ring (bicyclic) bond motifs is 2. The van der Waals surface area contributed by atoms with Gasteiger partial charge in [0, 0.05) is 64.0 Å². The number of imidazole rings is 1. The van der Waals surface area contributed by atoms with Crippen molar-refractivity contribution in [2.45, 2.75) is 45.1 Å². The normalized spacial score (nSPS) is 23.5. The second-order valence-corrected chi connectivity index (χ2v) is 11.1. The molecule has 12 heteroatoms. The number of likely N-dealkylation sites (tertiary alicyclic amines) is 1. The van der Waals surface area contributed by atoms with Gasteiger partial charge < -0.3 is 14.4 Å². The summed E-state index contributed by atoms with van der Waals surface area (Å²) in [6.07, 6.45) is -2.23. The van der Waals surface area contributed by atoms with Crippen LogP contribution in [0.3, 0.4) is 0 Å². The van der Waals surface area contributed by atoms with E-state index in [4.69, 9.17) is 19.6 Å². The minimum Gasteiger partial charge on any atom is -0.378 e. The fourth-order valence-electron chi connectivity index (χ4n) is 6.28. The van der Waals surface area contributed by atoms with E-state index in [9.17, 15) is 8.78 Å². The molecule has 7 rings (SSSR count). The quantitative estimate of drug-likeness (QED) is 0.361. The summed E-state index contributed by atoms with van der Waals surface area (Å²) < 4.78 is 43.1. The number of aromatic nitrogens is 5. The van der Waals surface area contributed by atoms with Gasteiger partial charge in [0.1, 0.15) is 11.6 Å². The summed E-state index contributed by atoms with van der Waals surface area (Å²) in [6.45, 7) is 11.5. The molecule has 0 amide bonds. The highest BCUT2D eigenvalue weighted by molar-refractivity contribution is 5.78. The van der Waals surface area contributed by atoms with E-state index in [-0.39, 0.29) is 18.0 Å². The molecule has 3 aliphatic heterocycles. The number of hydrogen-bond acceptors (Lipinski definition) is 8. The van der Waals surface area contributed by atoms with E-state index in [2.05, 4.69) is 33.5 Å². The van der Waals surface area contributed by atoms with Gasteiger partial charge in [-0.1, -0.05) is 12.1 Å². The maximum Gasteiger partial charge on any atom is 0.296 e. The molecule has 0 unspecified atom stereocenters. The standard InChI is InChI=1S/C28H34F2N8O2/c1-18-13-36(14-19(2)40-18)21-16-34(17-21)15-20-11-25-32-24(12-26(38(25)33-20)35-7-9-39-10-8-35)37-23-6-4-3-5-22(23)31-28(37)27(29)30/h3-6,11-12,18-19,21,27H,7-10,13-17H2,1-2H3/t18-,19+. The zero-order valence-corrected chi connectivity index (χ0v) is 22.8. The summed E-state index contributed by atoms with van der Waals surface area (Å²) in [7, 11) is 0. The molecule has 10 nitrogen and oxygen atoms in total. The van der Waals surface area contributed by atoms with Crippen molar-refractivity contribution >= 4 is 22.5 Å². The van der Waals surface area contributed by atoms with Crippen molar-refractivity contribution in [3.8, 4) is 5.82 Å². The highest BCUT2D eigenvalue weighted by Crippen LogP contribution is 2.30. The highest BCUT2D eigenvalue weighted by atomic mass is 19.3. The number of alkyl halides is 2. The summed E-state index contributed by atoms with van der Waals surface area (Å²) in [4.78, 5) is 16.2. The van der Waals surface area contributed by atoms with E-state index in [0.29, 0.717) is 61.4 Å². The number of rotatable bonds is 6. The molecule has 0 spiro atoms. The number of para-hydroxylation sites is 2. The molecule has 3 aromatic heterocycles. The Morgan fingerprint density at radius 3 is 2.48 bits per heavy atom. The Labute approximate surface area is 231 Å². The van der Waals surface area contributed by atoms with Crippen LogP contribution in [-0.2, 0) is 16.0 Å². The Bertz CT molecular complexity index is 1500. The molecule has 212 valence electrons. The first kappa shape index (κ1) is 25.8. The molecular weight excluding hydrogens is 518 g/mol. The topological polar surface area (TPSA) is 76.2 Å². The van der Waals surface area contributed by atoms with Crippen LogP contribution in [0.2, 0.25) is 0 Å². The molecular formula is C28H34F2N8O2. The summed E-state index contributed by atoms with van der Waals surface area (Å²) in [5.41, 5.74) is 2.64. The van der Waals surface area contributed by atoms with Gasteiger partial charge >= 0.3 is 0 Å². The van der Waals surface area contributed by atoms with Crippen molar-refractivity contribution < 1.29 is 18.3 Å². The largest absolute Gasteiger partial charge is 0.378 e. The van der Waals surface area contributed by atoms with Crippen LogP contribution in [0.25, 0.3) is 22.5 Å². The van der Waals surface area contributed by atoms with Crippen LogP contribution in [0.15, 0.2) is 36.4 Å². The molecule has 0 bridgehead atoms. The predicted molar refractivity (Wildman–Crippen MR) is 146 cm³/mol. The molecule has 0 saturated carbocycles. The number of anilines is 1. The van der Waals surface area contributed by atoms with Gasteiger partial charge in [-0.05, 0) is 26.0 Å².